The van der Waals surface area contributed by atoms with Gasteiger partial charge in [-0.2, -0.15) is 5.10 Å². The zero-order valence-corrected chi connectivity index (χ0v) is 12.1. The molecule has 0 radical (unpaired) electrons. The Labute approximate surface area is 120 Å². The number of aryl methyl sites for hydroxylation is 1. The van der Waals surface area contributed by atoms with Gasteiger partial charge in [-0.05, 0) is 44.2 Å². The summed E-state index contributed by atoms with van der Waals surface area (Å²) in [6.07, 6.45) is 4.14. The molecular weight excluding hydrogens is 252 g/mol. The molecule has 1 atom stereocenters. The summed E-state index contributed by atoms with van der Waals surface area (Å²) in [6.45, 7) is 5.84. The number of rotatable bonds is 3. The predicted molar refractivity (Wildman–Crippen MR) is 77.5 cm³/mol. The van der Waals surface area contributed by atoms with Crippen LogP contribution in [0.25, 0.3) is 0 Å². The zero-order valence-electron chi connectivity index (χ0n) is 12.1. The van der Waals surface area contributed by atoms with Crippen molar-refractivity contribution in [3.63, 3.8) is 0 Å². The molecule has 2 fully saturated rings. The van der Waals surface area contributed by atoms with Gasteiger partial charge < -0.3 is 9.80 Å². The summed E-state index contributed by atoms with van der Waals surface area (Å²) in [4.78, 5) is 16.1. The van der Waals surface area contributed by atoms with E-state index in [4.69, 9.17) is 0 Å². The van der Waals surface area contributed by atoms with Crippen molar-refractivity contribution in [3.05, 3.63) is 17.8 Å². The number of carbonyl (C=O) groups excluding carboxylic acids is 1. The van der Waals surface area contributed by atoms with Gasteiger partial charge in [0.05, 0.1) is 5.69 Å². The third kappa shape index (κ3) is 2.92. The van der Waals surface area contributed by atoms with Gasteiger partial charge in [0.15, 0.2) is 5.82 Å². The number of carbonyl (C=O) groups is 1. The van der Waals surface area contributed by atoms with Crippen LogP contribution in [-0.2, 0) is 4.79 Å². The van der Waals surface area contributed by atoms with Crippen molar-refractivity contribution in [1.29, 1.82) is 0 Å². The number of amides is 1. The van der Waals surface area contributed by atoms with E-state index in [2.05, 4.69) is 15.1 Å². The van der Waals surface area contributed by atoms with Crippen LogP contribution in [0.5, 0.6) is 0 Å². The maximum atomic E-state index is 11.7. The van der Waals surface area contributed by atoms with Crippen LogP contribution in [0, 0.1) is 12.8 Å². The molecule has 108 valence electrons. The third-order valence-corrected chi connectivity index (χ3v) is 4.28. The standard InChI is InChI=1S/C15H22N4O/c1-12-6-7-14(17-16-12)18-8-2-4-13(10-18)11-19-9-3-5-15(19)20/h6-7,13H,2-5,8-11H2,1H3. The van der Waals surface area contributed by atoms with Crippen LogP contribution in [0.15, 0.2) is 12.1 Å². The highest BCUT2D eigenvalue weighted by molar-refractivity contribution is 5.78. The van der Waals surface area contributed by atoms with E-state index in [1.165, 1.54) is 12.8 Å². The first-order valence-electron chi connectivity index (χ1n) is 7.55. The highest BCUT2D eigenvalue weighted by Gasteiger charge is 2.27. The van der Waals surface area contributed by atoms with Crippen molar-refractivity contribution < 1.29 is 4.79 Å². The first kappa shape index (κ1) is 13.3. The maximum absolute atomic E-state index is 11.7. The predicted octanol–water partition coefficient (Wildman–Crippen LogP) is 1.62. The second kappa shape index (κ2) is 5.77. The highest BCUT2D eigenvalue weighted by Crippen LogP contribution is 2.23. The lowest BCUT2D eigenvalue weighted by Gasteiger charge is -2.35. The van der Waals surface area contributed by atoms with Crippen LogP contribution in [-0.4, -0.2) is 47.2 Å². The van der Waals surface area contributed by atoms with E-state index < -0.39 is 0 Å². The summed E-state index contributed by atoms with van der Waals surface area (Å²) in [5.41, 5.74) is 0.949. The molecule has 5 heteroatoms. The van der Waals surface area contributed by atoms with Crippen molar-refractivity contribution in [2.24, 2.45) is 5.92 Å². The number of piperidine rings is 1. The molecule has 1 aromatic heterocycles. The molecule has 20 heavy (non-hydrogen) atoms. The number of hydrogen-bond acceptors (Lipinski definition) is 4. The van der Waals surface area contributed by atoms with Gasteiger partial charge in [-0.15, -0.1) is 5.10 Å². The number of anilines is 1. The van der Waals surface area contributed by atoms with E-state index in [-0.39, 0.29) is 0 Å². The molecule has 1 unspecified atom stereocenters. The molecule has 2 saturated heterocycles. The number of likely N-dealkylation sites (tertiary alicyclic amines) is 1. The minimum Gasteiger partial charge on any atom is -0.355 e. The molecule has 3 rings (SSSR count). The van der Waals surface area contributed by atoms with Crippen molar-refractivity contribution in [3.8, 4) is 0 Å². The lowest BCUT2D eigenvalue weighted by molar-refractivity contribution is -0.128. The first-order valence-corrected chi connectivity index (χ1v) is 7.55. The third-order valence-electron chi connectivity index (χ3n) is 4.28. The summed E-state index contributed by atoms with van der Waals surface area (Å²) in [7, 11) is 0. The van der Waals surface area contributed by atoms with E-state index in [0.29, 0.717) is 11.8 Å². The average molecular weight is 274 g/mol. The average Bonchev–Trinajstić information content (AvgIpc) is 2.85. The molecule has 1 amide bonds. The second-order valence-corrected chi connectivity index (χ2v) is 5.93. The van der Waals surface area contributed by atoms with E-state index in [1.54, 1.807) is 0 Å². The summed E-state index contributed by atoms with van der Waals surface area (Å²) in [5.74, 6) is 1.86. The van der Waals surface area contributed by atoms with Crippen LogP contribution in [0.3, 0.4) is 0 Å². The Morgan fingerprint density at radius 1 is 1.25 bits per heavy atom. The second-order valence-electron chi connectivity index (χ2n) is 5.93. The molecular formula is C15H22N4O. The van der Waals surface area contributed by atoms with Crippen molar-refractivity contribution >= 4 is 11.7 Å². The Morgan fingerprint density at radius 3 is 2.85 bits per heavy atom. The summed E-state index contributed by atoms with van der Waals surface area (Å²) in [6, 6.07) is 4.06. The lowest BCUT2D eigenvalue weighted by atomic mass is 9.97. The SMILES string of the molecule is Cc1ccc(N2CCCC(CN3CCCC3=O)C2)nn1. The largest absolute Gasteiger partial charge is 0.355 e. The van der Waals surface area contributed by atoms with Crippen LogP contribution >= 0.6 is 0 Å². The van der Waals surface area contributed by atoms with E-state index in [1.807, 2.05) is 24.0 Å². The Balaban J connectivity index is 1.61. The Morgan fingerprint density at radius 2 is 2.15 bits per heavy atom. The van der Waals surface area contributed by atoms with Gasteiger partial charge in [-0.1, -0.05) is 0 Å². The number of nitrogens with zero attached hydrogens (tertiary/aromatic N) is 4. The maximum Gasteiger partial charge on any atom is 0.222 e. The van der Waals surface area contributed by atoms with Gasteiger partial charge in [0, 0.05) is 32.6 Å². The van der Waals surface area contributed by atoms with Crippen molar-refractivity contribution in [1.82, 2.24) is 15.1 Å². The van der Waals surface area contributed by atoms with Crippen LogP contribution in [0.4, 0.5) is 5.82 Å². The lowest BCUT2D eigenvalue weighted by Crippen LogP contribution is -2.41. The monoisotopic (exact) mass is 274 g/mol. The highest BCUT2D eigenvalue weighted by atomic mass is 16.2. The van der Waals surface area contributed by atoms with Gasteiger partial charge in [-0.25, -0.2) is 0 Å². The summed E-state index contributed by atoms with van der Waals surface area (Å²) < 4.78 is 0. The van der Waals surface area contributed by atoms with Gasteiger partial charge >= 0.3 is 0 Å². The van der Waals surface area contributed by atoms with E-state index >= 15 is 0 Å². The molecule has 1 aromatic rings. The molecule has 2 aliphatic heterocycles. The number of hydrogen-bond donors (Lipinski definition) is 0. The fourth-order valence-electron chi connectivity index (χ4n) is 3.19. The molecule has 0 aliphatic carbocycles. The van der Waals surface area contributed by atoms with Crippen LogP contribution in [0.2, 0.25) is 0 Å². The van der Waals surface area contributed by atoms with E-state index in [0.717, 1.165) is 50.5 Å². The Bertz CT molecular complexity index is 473. The molecule has 0 saturated carbocycles. The van der Waals surface area contributed by atoms with Crippen molar-refractivity contribution in [2.75, 3.05) is 31.1 Å². The topological polar surface area (TPSA) is 49.3 Å². The minimum absolute atomic E-state index is 0.331. The fraction of sp³-hybridized carbons (Fsp3) is 0.667. The van der Waals surface area contributed by atoms with Crippen LogP contribution in [0.1, 0.15) is 31.4 Å². The Hall–Kier alpha value is -1.65. The molecule has 3 heterocycles. The Kier molecular flexibility index (Phi) is 3.85. The van der Waals surface area contributed by atoms with E-state index in [9.17, 15) is 4.79 Å². The molecule has 0 bridgehead atoms. The molecule has 0 aromatic carbocycles. The minimum atomic E-state index is 0.331. The number of aromatic nitrogens is 2. The van der Waals surface area contributed by atoms with Gasteiger partial charge in [0.2, 0.25) is 5.91 Å². The van der Waals surface area contributed by atoms with Gasteiger partial charge in [-0.3, -0.25) is 4.79 Å². The molecule has 0 spiro atoms. The molecule has 0 N–H and O–H groups in total. The summed E-state index contributed by atoms with van der Waals surface area (Å²) in [5, 5.41) is 8.42. The van der Waals surface area contributed by atoms with Crippen LogP contribution < -0.4 is 4.90 Å². The fourth-order valence-corrected chi connectivity index (χ4v) is 3.19. The first-order chi connectivity index (χ1) is 9.72. The molecule has 2 aliphatic rings. The normalized spacial score (nSPS) is 23.4. The zero-order chi connectivity index (χ0) is 13.9. The van der Waals surface area contributed by atoms with Gasteiger partial charge in [0.1, 0.15) is 0 Å². The smallest absolute Gasteiger partial charge is 0.222 e. The van der Waals surface area contributed by atoms with Crippen molar-refractivity contribution in [2.45, 2.75) is 32.6 Å². The van der Waals surface area contributed by atoms with Gasteiger partial charge in [0.25, 0.3) is 0 Å². The quantitative estimate of drug-likeness (QED) is 0.840. The molecule has 5 nitrogen and oxygen atoms in total. The summed E-state index contributed by atoms with van der Waals surface area (Å²) >= 11 is 0.